The van der Waals surface area contributed by atoms with E-state index in [1.807, 2.05) is 13.1 Å². The standard InChI is InChI=1S/C15H17Cl2N3O2/c1-3-20-9-10(7-18-20)8-19(2)14(15(21)22)11-4-12(16)6-13(17)5-11/h4-7,9,14H,3,8H2,1-2H3,(H,21,22). The summed E-state index contributed by atoms with van der Waals surface area (Å²) in [6, 6.07) is 3.99. The van der Waals surface area contributed by atoms with E-state index in [1.54, 1.807) is 41.0 Å². The maximum absolute atomic E-state index is 11.7. The lowest BCUT2D eigenvalue weighted by molar-refractivity contribution is -0.143. The van der Waals surface area contributed by atoms with Crippen molar-refractivity contribution >= 4 is 29.2 Å². The van der Waals surface area contributed by atoms with Gasteiger partial charge in [-0.25, -0.2) is 0 Å². The zero-order chi connectivity index (χ0) is 16.3. The van der Waals surface area contributed by atoms with Crippen molar-refractivity contribution < 1.29 is 9.90 Å². The summed E-state index contributed by atoms with van der Waals surface area (Å²) in [5.74, 6) is -0.955. The molecule has 0 aliphatic heterocycles. The predicted octanol–water partition coefficient (Wildman–Crippen LogP) is 3.47. The first-order valence-corrected chi connectivity index (χ1v) is 7.56. The van der Waals surface area contributed by atoms with E-state index in [0.29, 0.717) is 22.2 Å². The van der Waals surface area contributed by atoms with Crippen molar-refractivity contribution in [3.8, 4) is 0 Å². The van der Waals surface area contributed by atoms with Gasteiger partial charge in [-0.3, -0.25) is 14.4 Å². The fourth-order valence-corrected chi connectivity index (χ4v) is 2.90. The highest BCUT2D eigenvalue weighted by Gasteiger charge is 2.25. The summed E-state index contributed by atoms with van der Waals surface area (Å²) in [6.45, 7) is 3.23. The highest BCUT2D eigenvalue weighted by Crippen LogP contribution is 2.27. The number of carbonyl (C=O) groups is 1. The average molecular weight is 342 g/mol. The summed E-state index contributed by atoms with van der Waals surface area (Å²) in [4.78, 5) is 13.4. The van der Waals surface area contributed by atoms with Crippen LogP contribution in [0, 0.1) is 0 Å². The summed E-state index contributed by atoms with van der Waals surface area (Å²) in [5, 5.41) is 14.6. The van der Waals surface area contributed by atoms with Gasteiger partial charge in [0.2, 0.25) is 0 Å². The molecule has 7 heteroatoms. The number of carboxylic acid groups (broad SMARTS) is 1. The van der Waals surface area contributed by atoms with Crippen molar-refractivity contribution in [2.24, 2.45) is 0 Å². The number of aromatic nitrogens is 2. The SMILES string of the molecule is CCn1cc(CN(C)C(C(=O)O)c2cc(Cl)cc(Cl)c2)cn1. The van der Waals surface area contributed by atoms with Crippen LogP contribution in [0.1, 0.15) is 24.1 Å². The molecule has 0 fully saturated rings. The molecule has 0 bridgehead atoms. The average Bonchev–Trinajstić information content (AvgIpc) is 2.84. The largest absolute Gasteiger partial charge is 0.480 e. The first kappa shape index (κ1) is 16.8. The van der Waals surface area contributed by atoms with Crippen LogP contribution in [0.25, 0.3) is 0 Å². The van der Waals surface area contributed by atoms with Crippen LogP contribution >= 0.6 is 23.2 Å². The molecule has 5 nitrogen and oxygen atoms in total. The van der Waals surface area contributed by atoms with E-state index in [9.17, 15) is 9.90 Å². The van der Waals surface area contributed by atoms with Gasteiger partial charge < -0.3 is 5.11 Å². The Morgan fingerprint density at radius 2 is 2.00 bits per heavy atom. The topological polar surface area (TPSA) is 58.4 Å². The van der Waals surface area contributed by atoms with Gasteiger partial charge in [-0.15, -0.1) is 0 Å². The maximum atomic E-state index is 11.7. The van der Waals surface area contributed by atoms with Crippen molar-refractivity contribution in [1.82, 2.24) is 14.7 Å². The number of rotatable bonds is 6. The molecule has 0 aliphatic carbocycles. The minimum Gasteiger partial charge on any atom is -0.480 e. The third-order valence-electron chi connectivity index (χ3n) is 3.32. The number of aliphatic carboxylic acids is 1. The van der Waals surface area contributed by atoms with Crippen LogP contribution in [0.15, 0.2) is 30.6 Å². The van der Waals surface area contributed by atoms with Crippen LogP contribution in [0.5, 0.6) is 0 Å². The molecule has 1 atom stereocenters. The van der Waals surface area contributed by atoms with Gasteiger partial charge >= 0.3 is 5.97 Å². The molecular formula is C15H17Cl2N3O2. The number of hydrogen-bond acceptors (Lipinski definition) is 3. The van der Waals surface area contributed by atoms with Crippen LogP contribution in [0.4, 0.5) is 0 Å². The molecule has 1 aromatic carbocycles. The lowest BCUT2D eigenvalue weighted by Crippen LogP contribution is -2.30. The quantitative estimate of drug-likeness (QED) is 0.873. The normalized spacial score (nSPS) is 12.6. The Morgan fingerprint density at radius 3 is 2.50 bits per heavy atom. The molecule has 22 heavy (non-hydrogen) atoms. The van der Waals surface area contributed by atoms with Crippen molar-refractivity contribution in [2.45, 2.75) is 26.1 Å². The highest BCUT2D eigenvalue weighted by atomic mass is 35.5. The third kappa shape index (κ3) is 4.00. The van der Waals surface area contributed by atoms with Crippen molar-refractivity contribution in [3.05, 3.63) is 51.8 Å². The van der Waals surface area contributed by atoms with Crippen LogP contribution in [-0.2, 0) is 17.9 Å². The number of nitrogens with zero attached hydrogens (tertiary/aromatic N) is 3. The van der Waals surface area contributed by atoms with E-state index in [0.717, 1.165) is 12.1 Å². The molecule has 0 saturated carbocycles. The first-order chi connectivity index (χ1) is 10.4. The second-order valence-electron chi connectivity index (χ2n) is 5.06. The van der Waals surface area contributed by atoms with Gasteiger partial charge in [0, 0.05) is 34.9 Å². The van der Waals surface area contributed by atoms with E-state index < -0.39 is 12.0 Å². The highest BCUT2D eigenvalue weighted by molar-refractivity contribution is 6.34. The minimum atomic E-state index is -0.955. The summed E-state index contributed by atoms with van der Waals surface area (Å²) >= 11 is 12.0. The molecule has 0 saturated heterocycles. The van der Waals surface area contributed by atoms with Crippen LogP contribution in [0.3, 0.4) is 0 Å². The van der Waals surface area contributed by atoms with Crippen molar-refractivity contribution in [2.75, 3.05) is 7.05 Å². The zero-order valence-corrected chi connectivity index (χ0v) is 13.8. The Bertz CT molecular complexity index is 652. The van der Waals surface area contributed by atoms with Gasteiger partial charge in [0.15, 0.2) is 0 Å². The van der Waals surface area contributed by atoms with Gasteiger partial charge in [-0.1, -0.05) is 23.2 Å². The number of aryl methyl sites for hydroxylation is 1. The molecular weight excluding hydrogens is 325 g/mol. The van der Waals surface area contributed by atoms with E-state index in [-0.39, 0.29) is 0 Å². The Balaban J connectivity index is 2.24. The molecule has 0 radical (unpaired) electrons. The number of carboxylic acids is 1. The molecule has 1 heterocycles. The minimum absolute atomic E-state index is 0.418. The lowest BCUT2D eigenvalue weighted by atomic mass is 10.1. The van der Waals surface area contributed by atoms with Gasteiger partial charge in [-0.05, 0) is 37.7 Å². The van der Waals surface area contributed by atoms with Crippen LogP contribution < -0.4 is 0 Å². The summed E-state index contributed by atoms with van der Waals surface area (Å²) in [5.41, 5.74) is 1.50. The van der Waals surface area contributed by atoms with Crippen LogP contribution in [0.2, 0.25) is 10.0 Å². The molecule has 2 aromatic rings. The van der Waals surface area contributed by atoms with Gasteiger partial charge in [0.05, 0.1) is 6.20 Å². The van der Waals surface area contributed by atoms with Gasteiger partial charge in [-0.2, -0.15) is 5.10 Å². The Hall–Kier alpha value is -1.56. The molecule has 1 N–H and O–H groups in total. The fraction of sp³-hybridized carbons (Fsp3) is 0.333. The summed E-state index contributed by atoms with van der Waals surface area (Å²) < 4.78 is 1.80. The van der Waals surface area contributed by atoms with E-state index >= 15 is 0 Å². The number of hydrogen-bond donors (Lipinski definition) is 1. The predicted molar refractivity (Wildman–Crippen MR) is 86.2 cm³/mol. The molecule has 0 aliphatic rings. The molecule has 0 amide bonds. The Labute approximate surface area is 139 Å². The number of likely N-dealkylation sites (N-methyl/N-ethyl adjacent to an activating group) is 1. The van der Waals surface area contributed by atoms with Crippen molar-refractivity contribution in [1.29, 1.82) is 0 Å². The summed E-state index contributed by atoms with van der Waals surface area (Å²) in [6.07, 6.45) is 3.64. The second kappa shape index (κ2) is 7.13. The summed E-state index contributed by atoms with van der Waals surface area (Å²) in [7, 11) is 1.75. The molecule has 118 valence electrons. The Morgan fingerprint density at radius 1 is 1.36 bits per heavy atom. The first-order valence-electron chi connectivity index (χ1n) is 6.81. The molecule has 1 unspecified atom stereocenters. The third-order valence-corrected chi connectivity index (χ3v) is 3.75. The second-order valence-corrected chi connectivity index (χ2v) is 5.94. The fourth-order valence-electron chi connectivity index (χ4n) is 2.36. The number of halogens is 2. The Kier molecular flexibility index (Phi) is 5.45. The monoisotopic (exact) mass is 341 g/mol. The maximum Gasteiger partial charge on any atom is 0.325 e. The van der Waals surface area contributed by atoms with Crippen molar-refractivity contribution in [3.63, 3.8) is 0 Å². The van der Waals surface area contributed by atoms with Crippen LogP contribution in [-0.4, -0.2) is 32.8 Å². The van der Waals surface area contributed by atoms with Gasteiger partial charge in [0.25, 0.3) is 0 Å². The zero-order valence-electron chi connectivity index (χ0n) is 12.3. The van der Waals surface area contributed by atoms with Gasteiger partial charge in [0.1, 0.15) is 6.04 Å². The van der Waals surface area contributed by atoms with E-state index in [4.69, 9.17) is 23.2 Å². The molecule has 1 aromatic heterocycles. The molecule has 2 rings (SSSR count). The lowest BCUT2D eigenvalue weighted by Gasteiger charge is -2.24. The van der Waals surface area contributed by atoms with E-state index in [1.165, 1.54) is 0 Å². The van der Waals surface area contributed by atoms with E-state index in [2.05, 4.69) is 5.10 Å². The smallest absolute Gasteiger partial charge is 0.325 e. The molecule has 0 spiro atoms. The number of benzene rings is 1.